The van der Waals surface area contributed by atoms with Crippen molar-refractivity contribution in [3.63, 3.8) is 0 Å². The first kappa shape index (κ1) is 15.8. The van der Waals surface area contributed by atoms with Gasteiger partial charge in [-0.2, -0.15) is 0 Å². The summed E-state index contributed by atoms with van der Waals surface area (Å²) in [6, 6.07) is 12.3. The highest BCUT2D eigenvalue weighted by Gasteiger charge is 2.58. The Labute approximate surface area is 147 Å². The molecule has 0 N–H and O–H groups in total. The Hall–Kier alpha value is -2.73. The summed E-state index contributed by atoms with van der Waals surface area (Å²) in [6.07, 6.45) is 0.0484. The van der Waals surface area contributed by atoms with E-state index in [-0.39, 0.29) is 24.6 Å². The summed E-state index contributed by atoms with van der Waals surface area (Å²) in [4.78, 5) is 31.8. The van der Waals surface area contributed by atoms with Gasteiger partial charge in [0.15, 0.2) is 0 Å². The topological polar surface area (TPSA) is 59.0 Å². The first-order valence-electron chi connectivity index (χ1n) is 7.62. The fourth-order valence-electron chi connectivity index (χ4n) is 3.08. The second-order valence-corrected chi connectivity index (χ2v) is 6.43. The molecule has 0 aliphatic carbocycles. The third kappa shape index (κ3) is 2.59. The second kappa shape index (κ2) is 5.67. The van der Waals surface area contributed by atoms with E-state index in [0.29, 0.717) is 22.0 Å². The SMILES string of the molecule is O=C1CC2(CC(c3ccc(F)cc3)=NO2)C(=O)N1c1cccc(Cl)c1. The van der Waals surface area contributed by atoms with Gasteiger partial charge in [-0.1, -0.05) is 35.0 Å². The zero-order valence-electron chi connectivity index (χ0n) is 12.9. The number of oxime groups is 1. The standard InChI is InChI=1S/C18H12ClFN2O3/c19-12-2-1-3-14(8-12)22-16(23)10-18(17(22)24)9-15(21-25-18)11-4-6-13(20)7-5-11/h1-8H,9-10H2. The van der Waals surface area contributed by atoms with Crippen LogP contribution in [-0.2, 0) is 14.4 Å². The summed E-state index contributed by atoms with van der Waals surface area (Å²) in [5.74, 6) is -1.21. The van der Waals surface area contributed by atoms with E-state index in [2.05, 4.69) is 5.16 Å². The van der Waals surface area contributed by atoms with E-state index in [9.17, 15) is 14.0 Å². The molecule has 126 valence electrons. The third-order valence-corrected chi connectivity index (χ3v) is 4.54. The third-order valence-electron chi connectivity index (χ3n) is 4.31. The van der Waals surface area contributed by atoms with Gasteiger partial charge in [-0.3, -0.25) is 9.59 Å². The number of nitrogens with zero attached hydrogens (tertiary/aromatic N) is 2. The summed E-state index contributed by atoms with van der Waals surface area (Å²) in [5.41, 5.74) is 0.218. The molecule has 0 radical (unpaired) electrons. The van der Waals surface area contributed by atoms with Crippen LogP contribution in [0.5, 0.6) is 0 Å². The van der Waals surface area contributed by atoms with E-state index in [1.54, 1.807) is 36.4 Å². The summed E-state index contributed by atoms with van der Waals surface area (Å²) in [7, 11) is 0. The smallest absolute Gasteiger partial charge is 0.281 e. The number of benzene rings is 2. The molecular formula is C18H12ClFN2O3. The molecule has 25 heavy (non-hydrogen) atoms. The normalized spacial score (nSPS) is 22.5. The van der Waals surface area contributed by atoms with Gasteiger partial charge in [0.25, 0.3) is 5.91 Å². The molecule has 7 heteroatoms. The molecule has 1 atom stereocenters. The molecule has 5 nitrogen and oxygen atoms in total. The van der Waals surface area contributed by atoms with Crippen molar-refractivity contribution in [3.05, 3.63) is 64.9 Å². The van der Waals surface area contributed by atoms with E-state index >= 15 is 0 Å². The lowest BCUT2D eigenvalue weighted by molar-refractivity contribution is -0.136. The van der Waals surface area contributed by atoms with Crippen LogP contribution in [0.15, 0.2) is 53.7 Å². The number of imide groups is 1. The molecular weight excluding hydrogens is 347 g/mol. The Kier molecular flexibility index (Phi) is 3.58. The molecule has 2 amide bonds. The molecule has 2 aliphatic heterocycles. The number of rotatable bonds is 2. The Morgan fingerprint density at radius 3 is 2.60 bits per heavy atom. The maximum atomic E-state index is 13.1. The fourth-order valence-corrected chi connectivity index (χ4v) is 3.26. The molecule has 2 aromatic rings. The summed E-state index contributed by atoms with van der Waals surface area (Å²) in [5, 5.41) is 4.40. The number of amides is 2. The number of hydrogen-bond donors (Lipinski definition) is 0. The Morgan fingerprint density at radius 1 is 1.12 bits per heavy atom. The van der Waals surface area contributed by atoms with E-state index in [4.69, 9.17) is 16.4 Å². The molecule has 1 saturated heterocycles. The highest BCUT2D eigenvalue weighted by atomic mass is 35.5. The van der Waals surface area contributed by atoms with E-state index in [1.807, 2.05) is 0 Å². The summed E-state index contributed by atoms with van der Waals surface area (Å²) >= 11 is 5.95. The predicted octanol–water partition coefficient (Wildman–Crippen LogP) is 3.31. The van der Waals surface area contributed by atoms with Gasteiger partial charge in [-0.05, 0) is 35.9 Å². The molecule has 1 unspecified atom stereocenters. The van der Waals surface area contributed by atoms with Crippen LogP contribution in [0.25, 0.3) is 0 Å². The molecule has 0 aromatic heterocycles. The van der Waals surface area contributed by atoms with Gasteiger partial charge in [0.2, 0.25) is 11.5 Å². The van der Waals surface area contributed by atoms with Crippen molar-refractivity contribution in [1.29, 1.82) is 0 Å². The van der Waals surface area contributed by atoms with E-state index in [1.165, 1.54) is 12.1 Å². The lowest BCUT2D eigenvalue weighted by Crippen LogP contribution is -2.40. The van der Waals surface area contributed by atoms with Gasteiger partial charge in [-0.15, -0.1) is 0 Å². The average Bonchev–Trinajstić information content (AvgIpc) is 3.10. The minimum atomic E-state index is -1.34. The van der Waals surface area contributed by atoms with Crippen molar-refractivity contribution in [2.45, 2.75) is 18.4 Å². The zero-order chi connectivity index (χ0) is 17.6. The highest BCUT2D eigenvalue weighted by Crippen LogP contribution is 2.39. The quantitative estimate of drug-likeness (QED) is 0.774. The minimum Gasteiger partial charge on any atom is -0.378 e. The Balaban J connectivity index is 1.61. The number of carbonyl (C=O) groups excluding carboxylic acids is 2. The van der Waals surface area contributed by atoms with Gasteiger partial charge in [0.1, 0.15) is 5.82 Å². The van der Waals surface area contributed by atoms with Crippen molar-refractivity contribution in [2.24, 2.45) is 5.16 Å². The molecule has 2 aliphatic rings. The molecule has 4 rings (SSSR count). The maximum absolute atomic E-state index is 13.1. The average molecular weight is 359 g/mol. The number of carbonyl (C=O) groups is 2. The molecule has 2 aromatic carbocycles. The van der Waals surface area contributed by atoms with Crippen molar-refractivity contribution in [3.8, 4) is 0 Å². The van der Waals surface area contributed by atoms with Gasteiger partial charge in [0.05, 0.1) is 17.8 Å². The lowest BCUT2D eigenvalue weighted by Gasteiger charge is -2.19. The predicted molar refractivity (Wildman–Crippen MR) is 89.9 cm³/mol. The van der Waals surface area contributed by atoms with Crippen molar-refractivity contribution < 1.29 is 18.8 Å². The Bertz CT molecular complexity index is 913. The molecule has 1 fully saturated rings. The minimum absolute atomic E-state index is 0.105. The van der Waals surface area contributed by atoms with Crippen molar-refractivity contribution in [2.75, 3.05) is 4.90 Å². The number of anilines is 1. The molecule has 0 bridgehead atoms. The largest absolute Gasteiger partial charge is 0.378 e. The summed E-state index contributed by atoms with van der Waals surface area (Å²) < 4.78 is 13.1. The number of halogens is 2. The van der Waals surface area contributed by atoms with Crippen LogP contribution >= 0.6 is 11.6 Å². The van der Waals surface area contributed by atoms with Crippen LogP contribution in [0.4, 0.5) is 10.1 Å². The van der Waals surface area contributed by atoms with Crippen LogP contribution in [0.2, 0.25) is 5.02 Å². The van der Waals surface area contributed by atoms with Crippen LogP contribution in [-0.4, -0.2) is 23.1 Å². The fraction of sp³-hybridized carbons (Fsp3) is 0.167. The van der Waals surface area contributed by atoms with Crippen molar-refractivity contribution >= 4 is 34.8 Å². The summed E-state index contributed by atoms with van der Waals surface area (Å²) in [6.45, 7) is 0. The van der Waals surface area contributed by atoms with Gasteiger partial charge < -0.3 is 4.84 Å². The monoisotopic (exact) mass is 358 g/mol. The van der Waals surface area contributed by atoms with E-state index < -0.39 is 11.5 Å². The molecule has 1 spiro atoms. The maximum Gasteiger partial charge on any atom is 0.281 e. The lowest BCUT2D eigenvalue weighted by atomic mass is 9.92. The highest BCUT2D eigenvalue weighted by molar-refractivity contribution is 6.31. The first-order valence-corrected chi connectivity index (χ1v) is 8.00. The van der Waals surface area contributed by atoms with Crippen LogP contribution < -0.4 is 4.90 Å². The van der Waals surface area contributed by atoms with Crippen LogP contribution in [0.3, 0.4) is 0 Å². The second-order valence-electron chi connectivity index (χ2n) is 6.00. The van der Waals surface area contributed by atoms with Crippen LogP contribution in [0.1, 0.15) is 18.4 Å². The van der Waals surface area contributed by atoms with Gasteiger partial charge in [-0.25, -0.2) is 9.29 Å². The Morgan fingerprint density at radius 2 is 1.88 bits per heavy atom. The first-order chi connectivity index (χ1) is 12.0. The molecule has 0 saturated carbocycles. The van der Waals surface area contributed by atoms with E-state index in [0.717, 1.165) is 4.90 Å². The zero-order valence-corrected chi connectivity index (χ0v) is 13.7. The van der Waals surface area contributed by atoms with Gasteiger partial charge >= 0.3 is 0 Å². The van der Waals surface area contributed by atoms with Crippen LogP contribution in [0, 0.1) is 5.82 Å². The molecule has 2 heterocycles. The van der Waals surface area contributed by atoms with Gasteiger partial charge in [0, 0.05) is 11.4 Å². The number of hydrogen-bond acceptors (Lipinski definition) is 4. The van der Waals surface area contributed by atoms with Crippen molar-refractivity contribution in [1.82, 2.24) is 0 Å².